The van der Waals surface area contributed by atoms with E-state index in [0.717, 1.165) is 23.9 Å². The van der Waals surface area contributed by atoms with Crippen LogP contribution in [0.1, 0.15) is 26.9 Å². The van der Waals surface area contributed by atoms with E-state index < -0.39 is 51.4 Å². The lowest BCUT2D eigenvalue weighted by molar-refractivity contribution is 0.0978. The molecule has 0 saturated heterocycles. The summed E-state index contributed by atoms with van der Waals surface area (Å²) in [6.45, 7) is 0. The molecule has 156 valence electrons. The van der Waals surface area contributed by atoms with Crippen molar-refractivity contribution in [3.63, 3.8) is 0 Å². The second-order valence-corrected chi connectivity index (χ2v) is 12.8. The number of carbonyl (C=O) groups is 1. The number of benzene rings is 1. The van der Waals surface area contributed by atoms with Gasteiger partial charge in [0.2, 0.25) is 15.8 Å². The van der Waals surface area contributed by atoms with Gasteiger partial charge in [-0.05, 0) is 23.3 Å². The number of sulfone groups is 2. The molecular formula is C17H18N2O7S3. The molecule has 0 spiro atoms. The number of aromatic nitrogens is 1. The molecule has 1 aromatic carbocycles. The first-order valence-corrected chi connectivity index (χ1v) is 13.7. The number of rotatable bonds is 4. The molecule has 0 N–H and O–H groups in total. The molecule has 0 radical (unpaired) electrons. The monoisotopic (exact) mass is 458 g/mol. The lowest BCUT2D eigenvalue weighted by Crippen LogP contribution is -2.33. The van der Waals surface area contributed by atoms with Crippen molar-refractivity contribution in [2.75, 3.05) is 23.9 Å². The second kappa shape index (κ2) is 6.89. The number of fused-ring (bicyclic) bond motifs is 1. The zero-order chi connectivity index (χ0) is 21.8. The van der Waals surface area contributed by atoms with E-state index in [-0.39, 0.29) is 22.5 Å². The maximum absolute atomic E-state index is 13.0. The van der Waals surface area contributed by atoms with Crippen LogP contribution < -0.4 is 4.31 Å². The van der Waals surface area contributed by atoms with Crippen molar-refractivity contribution < 1.29 is 30.0 Å². The number of sulfonamides is 1. The van der Waals surface area contributed by atoms with Gasteiger partial charge in [-0.15, -0.1) is 0 Å². The smallest absolute Gasteiger partial charge is 0.232 e. The Morgan fingerprint density at radius 3 is 2.31 bits per heavy atom. The largest absolute Gasteiger partial charge is 0.291 e. The quantitative estimate of drug-likeness (QED) is 0.654. The Morgan fingerprint density at radius 1 is 1.07 bits per heavy atom. The minimum atomic E-state index is -4.12. The Labute approximate surface area is 169 Å². The van der Waals surface area contributed by atoms with Crippen molar-refractivity contribution in [3.05, 3.63) is 53.3 Å². The van der Waals surface area contributed by atoms with E-state index in [0.29, 0.717) is 0 Å². The molecule has 0 fully saturated rings. The SMILES string of the molecule is CN(c1cccc(C2C(=O)c3ncccc3CS2(=O)=O)c1S(C)(=O)=O)S(C)(=O)=O. The van der Waals surface area contributed by atoms with Crippen LogP contribution in [-0.4, -0.2) is 55.6 Å². The van der Waals surface area contributed by atoms with Crippen LogP contribution in [0.3, 0.4) is 0 Å². The number of anilines is 1. The summed E-state index contributed by atoms with van der Waals surface area (Å²) < 4.78 is 75.7. The van der Waals surface area contributed by atoms with Crippen molar-refractivity contribution in [2.24, 2.45) is 0 Å². The highest BCUT2D eigenvalue weighted by Gasteiger charge is 2.44. The lowest BCUT2D eigenvalue weighted by atomic mass is 10.0. The topological polar surface area (TPSA) is 136 Å². The van der Waals surface area contributed by atoms with E-state index in [1.54, 1.807) is 0 Å². The lowest BCUT2D eigenvalue weighted by Gasteiger charge is -2.27. The molecule has 12 heteroatoms. The summed E-state index contributed by atoms with van der Waals surface area (Å²) in [7, 11) is -10.9. The average molecular weight is 459 g/mol. The fourth-order valence-corrected chi connectivity index (χ4v) is 6.97. The Hall–Kier alpha value is -2.31. The molecule has 1 unspecified atom stereocenters. The van der Waals surface area contributed by atoms with E-state index in [1.165, 1.54) is 36.5 Å². The summed E-state index contributed by atoms with van der Waals surface area (Å²) >= 11 is 0. The molecule has 1 atom stereocenters. The number of hydrogen-bond acceptors (Lipinski definition) is 8. The molecule has 0 aliphatic carbocycles. The highest BCUT2D eigenvalue weighted by atomic mass is 32.2. The van der Waals surface area contributed by atoms with Crippen molar-refractivity contribution in [1.29, 1.82) is 0 Å². The molecule has 1 aliphatic heterocycles. The van der Waals surface area contributed by atoms with Gasteiger partial charge in [0.15, 0.2) is 24.9 Å². The highest BCUT2D eigenvalue weighted by molar-refractivity contribution is 7.93. The summed E-state index contributed by atoms with van der Waals surface area (Å²) in [5, 5.41) is -1.80. The van der Waals surface area contributed by atoms with E-state index in [4.69, 9.17) is 0 Å². The zero-order valence-corrected chi connectivity index (χ0v) is 18.2. The third-order valence-corrected chi connectivity index (χ3v) is 8.87. The molecule has 1 aliphatic rings. The number of pyridine rings is 1. The predicted octanol–water partition coefficient (Wildman–Crippen LogP) is 0.733. The molecule has 0 bridgehead atoms. The summed E-state index contributed by atoms with van der Waals surface area (Å²) in [5.41, 5.74) is -0.336. The fraction of sp³-hybridized carbons (Fsp3) is 0.294. The van der Waals surface area contributed by atoms with Crippen LogP contribution in [0.15, 0.2) is 41.4 Å². The summed E-state index contributed by atoms with van der Waals surface area (Å²) in [4.78, 5) is 16.5. The Morgan fingerprint density at radius 2 is 1.72 bits per heavy atom. The molecule has 29 heavy (non-hydrogen) atoms. The van der Waals surface area contributed by atoms with Gasteiger partial charge in [-0.2, -0.15) is 0 Å². The first-order valence-electron chi connectivity index (χ1n) is 8.21. The van der Waals surface area contributed by atoms with Crippen LogP contribution in [0.4, 0.5) is 5.69 Å². The van der Waals surface area contributed by atoms with Gasteiger partial charge < -0.3 is 0 Å². The number of ketones is 1. The second-order valence-electron chi connectivity index (χ2n) is 6.76. The van der Waals surface area contributed by atoms with Crippen molar-refractivity contribution in [2.45, 2.75) is 15.9 Å². The van der Waals surface area contributed by atoms with Gasteiger partial charge in [0.1, 0.15) is 5.69 Å². The molecule has 2 aromatic rings. The van der Waals surface area contributed by atoms with E-state index in [9.17, 15) is 30.0 Å². The number of carbonyl (C=O) groups excluding carboxylic acids is 1. The van der Waals surface area contributed by atoms with E-state index in [2.05, 4.69) is 4.98 Å². The van der Waals surface area contributed by atoms with Crippen molar-refractivity contribution in [1.82, 2.24) is 4.98 Å². The minimum Gasteiger partial charge on any atom is -0.291 e. The van der Waals surface area contributed by atoms with Gasteiger partial charge in [0.05, 0.1) is 22.6 Å². The molecule has 9 nitrogen and oxygen atoms in total. The van der Waals surface area contributed by atoms with Gasteiger partial charge in [0.25, 0.3) is 0 Å². The summed E-state index contributed by atoms with van der Waals surface area (Å²) in [6, 6.07) is 6.75. The van der Waals surface area contributed by atoms with Crippen LogP contribution in [0.5, 0.6) is 0 Å². The molecule has 3 rings (SSSR count). The van der Waals surface area contributed by atoms with Crippen LogP contribution in [0.2, 0.25) is 0 Å². The maximum Gasteiger partial charge on any atom is 0.232 e. The molecular weight excluding hydrogens is 440 g/mol. The van der Waals surface area contributed by atoms with Crippen LogP contribution in [0, 0.1) is 0 Å². The predicted molar refractivity (Wildman–Crippen MR) is 107 cm³/mol. The number of Topliss-reactive ketones (excluding diaryl/α,β-unsaturated/α-hetero) is 1. The third kappa shape index (κ3) is 3.79. The molecule has 2 heterocycles. The zero-order valence-electron chi connectivity index (χ0n) is 15.7. The normalized spacial score (nSPS) is 18.9. The van der Waals surface area contributed by atoms with Gasteiger partial charge in [-0.3, -0.25) is 14.1 Å². The van der Waals surface area contributed by atoms with Crippen molar-refractivity contribution >= 4 is 41.2 Å². The number of nitrogens with zero attached hydrogens (tertiary/aromatic N) is 2. The van der Waals surface area contributed by atoms with Gasteiger partial charge >= 0.3 is 0 Å². The van der Waals surface area contributed by atoms with Crippen LogP contribution >= 0.6 is 0 Å². The van der Waals surface area contributed by atoms with E-state index >= 15 is 0 Å². The van der Waals surface area contributed by atoms with Gasteiger partial charge in [0, 0.05) is 19.5 Å². The van der Waals surface area contributed by atoms with Gasteiger partial charge in [-0.25, -0.2) is 25.3 Å². The third-order valence-electron chi connectivity index (χ3n) is 4.59. The summed E-state index contributed by atoms with van der Waals surface area (Å²) in [5.74, 6) is -1.34. The highest BCUT2D eigenvalue weighted by Crippen LogP contribution is 2.41. The molecule has 0 amide bonds. The fourth-order valence-electron chi connectivity index (χ4n) is 3.28. The van der Waals surface area contributed by atoms with Crippen LogP contribution in [0.25, 0.3) is 0 Å². The first-order chi connectivity index (χ1) is 13.2. The minimum absolute atomic E-state index is 0.0475. The summed E-state index contributed by atoms with van der Waals surface area (Å²) in [6.07, 6.45) is 3.06. The Bertz CT molecular complexity index is 1330. The maximum atomic E-state index is 13.0. The Balaban J connectivity index is 2.36. The molecule has 0 saturated carbocycles. The number of hydrogen-bond donors (Lipinski definition) is 0. The Kier molecular flexibility index (Phi) is 5.08. The van der Waals surface area contributed by atoms with Gasteiger partial charge in [-0.1, -0.05) is 18.2 Å². The standard InChI is InChI=1S/C17H18N2O7S3/c1-19(28(3,23)24)13-8-4-7-12(16(13)27(2,21)22)17-15(20)14-11(6-5-9-18-14)10-29(17,25)26/h4-9,17H,10H2,1-3H3. The van der Waals surface area contributed by atoms with E-state index in [1.807, 2.05) is 0 Å². The molecule has 1 aromatic heterocycles. The van der Waals surface area contributed by atoms with Crippen LogP contribution in [-0.2, 0) is 35.5 Å². The average Bonchev–Trinajstić information content (AvgIpc) is 2.58. The van der Waals surface area contributed by atoms with Crippen molar-refractivity contribution in [3.8, 4) is 0 Å². The first kappa shape index (κ1) is 21.4.